The summed E-state index contributed by atoms with van der Waals surface area (Å²) in [6.07, 6.45) is 4.58. The summed E-state index contributed by atoms with van der Waals surface area (Å²) in [6, 6.07) is 11.3. The van der Waals surface area contributed by atoms with E-state index in [0.29, 0.717) is 58.7 Å². The molecule has 0 radical (unpaired) electrons. The molecular weight excluding hydrogens is 553 g/mol. The summed E-state index contributed by atoms with van der Waals surface area (Å²) in [7, 11) is 0. The molecule has 222 valence electrons. The summed E-state index contributed by atoms with van der Waals surface area (Å²) in [4.78, 5) is 4.51. The minimum Gasteiger partial charge on any atom is -0.383 e. The molecule has 1 atom stereocenters. The summed E-state index contributed by atoms with van der Waals surface area (Å²) in [5, 5.41) is 22.3. The van der Waals surface area contributed by atoms with Crippen LogP contribution >= 0.6 is 0 Å². The number of anilines is 2. The van der Waals surface area contributed by atoms with Crippen molar-refractivity contribution in [2.75, 3.05) is 17.2 Å². The van der Waals surface area contributed by atoms with Gasteiger partial charge in [0, 0.05) is 43.1 Å². The van der Waals surface area contributed by atoms with Crippen LogP contribution in [-0.4, -0.2) is 28.3 Å². The molecule has 0 saturated heterocycles. The number of hydrogen-bond acceptors (Lipinski definition) is 8. The van der Waals surface area contributed by atoms with Crippen molar-refractivity contribution in [1.29, 1.82) is 5.26 Å². The van der Waals surface area contributed by atoms with Crippen molar-refractivity contribution in [3.8, 4) is 18.4 Å². The summed E-state index contributed by atoms with van der Waals surface area (Å²) in [5.74, 6) is 2.70. The number of rotatable bonds is 7. The van der Waals surface area contributed by atoms with Crippen LogP contribution in [-0.2, 0) is 13.1 Å². The fraction of sp³-hybridized carbons (Fsp3) is 0.375. The molecule has 0 unspecified atom stereocenters. The Kier molecular flexibility index (Phi) is 6.91. The number of terminal acetylenes is 1. The van der Waals surface area contributed by atoms with Gasteiger partial charge in [0.15, 0.2) is 5.54 Å². The zero-order chi connectivity index (χ0) is 30.6. The number of hydrazine groups is 2. The molecule has 1 aliphatic carbocycles. The van der Waals surface area contributed by atoms with E-state index in [9.17, 15) is 18.4 Å². The second-order valence-corrected chi connectivity index (χ2v) is 12.5. The van der Waals surface area contributed by atoms with E-state index in [1.807, 2.05) is 24.3 Å². The molecule has 2 aromatic carbocycles. The van der Waals surface area contributed by atoms with Crippen LogP contribution in [0, 0.1) is 29.1 Å². The number of nitrogens with one attached hydrogen (secondary N) is 5. The summed E-state index contributed by atoms with van der Waals surface area (Å²) >= 11 is 0. The third kappa shape index (κ3) is 5.20. The second-order valence-electron chi connectivity index (χ2n) is 12.5. The first kappa shape index (κ1) is 28.7. The molecule has 0 amide bonds. The molecule has 1 fully saturated rings. The second kappa shape index (κ2) is 10.4. The highest BCUT2D eigenvalue weighted by Gasteiger charge is 2.67. The monoisotopic (exact) mass is 586 g/mol. The quantitative estimate of drug-likeness (QED) is 0.230. The van der Waals surface area contributed by atoms with E-state index in [0.717, 1.165) is 21.7 Å². The first-order valence-corrected chi connectivity index (χ1v) is 14.2. The van der Waals surface area contributed by atoms with Crippen LogP contribution in [0.3, 0.4) is 0 Å². The molecule has 5 N–H and O–H groups in total. The highest BCUT2D eigenvalue weighted by Crippen LogP contribution is 2.54. The van der Waals surface area contributed by atoms with Gasteiger partial charge in [-0.25, -0.2) is 0 Å². The molecule has 11 heteroatoms. The Hall–Kier alpha value is -4.45. The van der Waals surface area contributed by atoms with E-state index in [1.54, 1.807) is 12.3 Å². The smallest absolute Gasteiger partial charge is 0.383 e. The van der Waals surface area contributed by atoms with Gasteiger partial charge in [0.2, 0.25) is 0 Å². The van der Waals surface area contributed by atoms with Gasteiger partial charge in [0.05, 0.1) is 34.1 Å². The van der Waals surface area contributed by atoms with Gasteiger partial charge in [0.25, 0.3) is 0 Å². The molecular formula is C32H33F3N8. The largest absolute Gasteiger partial charge is 0.413 e. The third-order valence-electron chi connectivity index (χ3n) is 8.20. The molecule has 0 bridgehead atoms. The van der Waals surface area contributed by atoms with Crippen LogP contribution in [0.25, 0.3) is 10.9 Å². The number of aromatic nitrogens is 1. The number of halogens is 3. The van der Waals surface area contributed by atoms with Crippen molar-refractivity contribution in [1.82, 2.24) is 26.3 Å². The molecule has 2 aliphatic heterocycles. The van der Waals surface area contributed by atoms with Crippen molar-refractivity contribution >= 4 is 22.3 Å². The van der Waals surface area contributed by atoms with Gasteiger partial charge < -0.3 is 21.4 Å². The number of nitrogens with zero attached hydrogens (tertiary/aromatic N) is 3. The molecule has 1 aromatic heterocycles. The topological polar surface area (TPSA) is 100 Å². The number of fused-ring (bicyclic) bond motifs is 2. The lowest BCUT2D eigenvalue weighted by Gasteiger charge is -2.28. The Morgan fingerprint density at radius 3 is 2.63 bits per heavy atom. The van der Waals surface area contributed by atoms with E-state index in [2.05, 4.69) is 64.7 Å². The predicted molar refractivity (Wildman–Crippen MR) is 160 cm³/mol. The van der Waals surface area contributed by atoms with E-state index < -0.39 is 17.8 Å². The Balaban J connectivity index is 1.46. The fourth-order valence-corrected chi connectivity index (χ4v) is 5.73. The van der Waals surface area contributed by atoms with Crippen LogP contribution < -0.4 is 26.9 Å². The standard InChI is InChI=1S/C32H33F3N8/c1-5-19-15-38-28-21(13-36)11-22(12-24(28)27(19)39-18-30(2,3)4)40-29(23-8-6-7-20-14-37-16-25(20)23)26-17-43(42-41-26)31(9-10-31)32(33,34)35/h1,6-8,11-12,15,17,29,37,40-42H,9-10,14,16,18H2,2-4H3,(H,38,39)/t29-/m0/s1. The fourth-order valence-electron chi connectivity index (χ4n) is 5.73. The molecule has 8 nitrogen and oxygen atoms in total. The SMILES string of the molecule is C#Cc1cnc2c(C#N)cc(N[C@H](C3=CN(C4(C(F)(F)F)CC4)NN3)c3cccc4c3CNC4)cc2c1NCC(C)(C)C. The molecule has 1 saturated carbocycles. The van der Waals surface area contributed by atoms with Gasteiger partial charge in [-0.1, -0.05) is 44.9 Å². The first-order valence-electron chi connectivity index (χ1n) is 14.2. The molecule has 3 aromatic rings. The van der Waals surface area contributed by atoms with Gasteiger partial charge in [-0.15, -0.1) is 12.0 Å². The first-order chi connectivity index (χ1) is 20.4. The normalized spacial score (nSPS) is 17.9. The number of alkyl halides is 3. The van der Waals surface area contributed by atoms with Crippen LogP contribution in [0.5, 0.6) is 0 Å². The number of nitriles is 1. The van der Waals surface area contributed by atoms with Crippen LogP contribution in [0.4, 0.5) is 24.5 Å². The number of hydrogen-bond donors (Lipinski definition) is 5. The Morgan fingerprint density at radius 2 is 1.95 bits per heavy atom. The maximum atomic E-state index is 14.0. The lowest BCUT2D eigenvalue weighted by atomic mass is 9.94. The van der Waals surface area contributed by atoms with E-state index >= 15 is 0 Å². The van der Waals surface area contributed by atoms with Crippen LogP contribution in [0.15, 0.2) is 48.4 Å². The van der Waals surface area contributed by atoms with Crippen molar-refractivity contribution < 1.29 is 13.2 Å². The third-order valence-corrected chi connectivity index (χ3v) is 8.20. The van der Waals surface area contributed by atoms with E-state index in [-0.39, 0.29) is 18.3 Å². The number of benzene rings is 2. The molecule has 0 spiro atoms. The lowest BCUT2D eigenvalue weighted by molar-refractivity contribution is -0.195. The van der Waals surface area contributed by atoms with Gasteiger partial charge in [-0.2, -0.15) is 18.4 Å². The van der Waals surface area contributed by atoms with Gasteiger partial charge in [0.1, 0.15) is 6.07 Å². The average molecular weight is 587 g/mol. The molecule has 6 rings (SSSR count). The predicted octanol–water partition coefficient (Wildman–Crippen LogP) is 5.56. The minimum atomic E-state index is -4.38. The molecule has 3 heterocycles. The Bertz CT molecular complexity index is 1700. The summed E-state index contributed by atoms with van der Waals surface area (Å²) < 4.78 is 41.9. The van der Waals surface area contributed by atoms with Crippen molar-refractivity contribution in [3.05, 3.63) is 76.2 Å². The highest BCUT2D eigenvalue weighted by atomic mass is 19.4. The highest BCUT2D eigenvalue weighted by molar-refractivity contribution is 5.99. The zero-order valence-electron chi connectivity index (χ0n) is 24.2. The summed E-state index contributed by atoms with van der Waals surface area (Å²) in [6.45, 7) is 8.29. The molecule has 3 aliphatic rings. The Labute approximate surface area is 248 Å². The minimum absolute atomic E-state index is 0.0166. The van der Waals surface area contributed by atoms with Crippen LogP contribution in [0.2, 0.25) is 0 Å². The van der Waals surface area contributed by atoms with Crippen molar-refractivity contribution in [2.45, 2.75) is 64.5 Å². The zero-order valence-corrected chi connectivity index (χ0v) is 24.2. The van der Waals surface area contributed by atoms with E-state index in [1.165, 1.54) is 6.20 Å². The van der Waals surface area contributed by atoms with Gasteiger partial charge >= 0.3 is 6.18 Å². The number of pyridine rings is 1. The lowest BCUT2D eigenvalue weighted by Crippen LogP contribution is -2.52. The van der Waals surface area contributed by atoms with Crippen molar-refractivity contribution in [2.24, 2.45) is 5.41 Å². The van der Waals surface area contributed by atoms with Gasteiger partial charge in [-0.3, -0.25) is 9.99 Å². The Morgan fingerprint density at radius 1 is 1.16 bits per heavy atom. The van der Waals surface area contributed by atoms with Crippen molar-refractivity contribution in [3.63, 3.8) is 0 Å². The molecule has 43 heavy (non-hydrogen) atoms. The average Bonchev–Trinajstić information content (AvgIpc) is 3.41. The maximum absolute atomic E-state index is 14.0. The van der Waals surface area contributed by atoms with Crippen LogP contribution in [0.1, 0.15) is 67.5 Å². The van der Waals surface area contributed by atoms with E-state index in [4.69, 9.17) is 6.42 Å². The maximum Gasteiger partial charge on any atom is 0.413 e. The summed E-state index contributed by atoms with van der Waals surface area (Å²) in [5.41, 5.74) is 10.2. The van der Waals surface area contributed by atoms with Gasteiger partial charge in [-0.05, 0) is 47.1 Å².